The summed E-state index contributed by atoms with van der Waals surface area (Å²) in [6.07, 6.45) is 5.08. The molecule has 6 heteroatoms. The molecule has 0 aliphatic heterocycles. The highest BCUT2D eigenvalue weighted by Crippen LogP contribution is 2.50. The lowest BCUT2D eigenvalue weighted by molar-refractivity contribution is -0.162. The molecule has 0 bridgehead atoms. The van der Waals surface area contributed by atoms with Gasteiger partial charge in [0, 0.05) is 25.0 Å². The van der Waals surface area contributed by atoms with Crippen LogP contribution in [0.4, 0.5) is 0 Å². The summed E-state index contributed by atoms with van der Waals surface area (Å²) in [5, 5.41) is 4.28. The molecule has 0 saturated heterocycles. The molecule has 1 aliphatic carbocycles. The van der Waals surface area contributed by atoms with Gasteiger partial charge in [0.2, 0.25) is 5.89 Å². The lowest BCUT2D eigenvalue weighted by Gasteiger charge is -2.57. The van der Waals surface area contributed by atoms with Gasteiger partial charge in [-0.3, -0.25) is 4.90 Å². The first kappa shape index (κ1) is 17.2. The molecule has 0 aromatic carbocycles. The van der Waals surface area contributed by atoms with Crippen LogP contribution in [0, 0.1) is 5.41 Å². The monoisotopic (exact) mass is 311 g/mol. The number of hydrogen-bond acceptors (Lipinski definition) is 5. The molecule has 6 nitrogen and oxygen atoms in total. The summed E-state index contributed by atoms with van der Waals surface area (Å²) in [4.78, 5) is 14.1. The second-order valence-corrected chi connectivity index (χ2v) is 6.33. The molecule has 0 spiro atoms. The fourth-order valence-corrected chi connectivity index (χ4v) is 3.92. The molecule has 2 rings (SSSR count). The van der Waals surface area contributed by atoms with E-state index in [4.69, 9.17) is 9.15 Å². The molecule has 1 aromatic heterocycles. The van der Waals surface area contributed by atoms with Gasteiger partial charge in [-0.15, -0.1) is 5.10 Å². The van der Waals surface area contributed by atoms with Crippen LogP contribution in [-0.4, -0.2) is 41.0 Å². The van der Waals surface area contributed by atoms with Gasteiger partial charge in [-0.05, 0) is 32.7 Å². The molecule has 0 radical (unpaired) electrons. The van der Waals surface area contributed by atoms with Gasteiger partial charge >= 0.3 is 5.76 Å². The van der Waals surface area contributed by atoms with Crippen molar-refractivity contribution in [1.29, 1.82) is 0 Å². The van der Waals surface area contributed by atoms with Crippen molar-refractivity contribution in [2.24, 2.45) is 5.41 Å². The zero-order chi connectivity index (χ0) is 16.3. The fraction of sp³-hybridized carbons (Fsp3) is 0.875. The van der Waals surface area contributed by atoms with E-state index in [1.807, 2.05) is 6.92 Å². The van der Waals surface area contributed by atoms with E-state index in [2.05, 4.69) is 30.9 Å². The minimum absolute atomic E-state index is 0.170. The second kappa shape index (κ2) is 6.96. The van der Waals surface area contributed by atoms with Crippen molar-refractivity contribution in [1.82, 2.24) is 14.7 Å². The van der Waals surface area contributed by atoms with Gasteiger partial charge in [0.05, 0.1) is 6.10 Å². The van der Waals surface area contributed by atoms with Gasteiger partial charge in [-0.1, -0.05) is 20.8 Å². The number of rotatable bonds is 8. The first-order valence-electron chi connectivity index (χ1n) is 8.32. The van der Waals surface area contributed by atoms with Crippen molar-refractivity contribution >= 4 is 0 Å². The highest BCUT2D eigenvalue weighted by Gasteiger charge is 2.54. The van der Waals surface area contributed by atoms with E-state index in [0.29, 0.717) is 31.1 Å². The third kappa shape index (κ3) is 2.86. The van der Waals surface area contributed by atoms with Crippen LogP contribution in [0.2, 0.25) is 0 Å². The number of aromatic nitrogens is 2. The number of ether oxygens (including phenoxy) is 1. The Kier molecular flexibility index (Phi) is 5.45. The molecule has 2 atom stereocenters. The lowest BCUT2D eigenvalue weighted by atomic mass is 9.58. The first-order valence-corrected chi connectivity index (χ1v) is 8.32. The summed E-state index contributed by atoms with van der Waals surface area (Å²) in [6, 6.07) is 0.408. The van der Waals surface area contributed by atoms with Crippen LogP contribution in [0.3, 0.4) is 0 Å². The van der Waals surface area contributed by atoms with Crippen molar-refractivity contribution in [2.75, 3.05) is 14.2 Å². The van der Waals surface area contributed by atoms with Gasteiger partial charge in [-0.25, -0.2) is 4.79 Å². The largest absolute Gasteiger partial charge is 0.438 e. The van der Waals surface area contributed by atoms with E-state index in [1.165, 1.54) is 4.68 Å². The number of aryl methyl sites for hydroxylation is 1. The van der Waals surface area contributed by atoms with Crippen LogP contribution < -0.4 is 5.76 Å². The van der Waals surface area contributed by atoms with Gasteiger partial charge < -0.3 is 9.15 Å². The van der Waals surface area contributed by atoms with Crippen LogP contribution in [0.5, 0.6) is 0 Å². The number of nitrogens with zero attached hydrogens (tertiary/aromatic N) is 3. The normalized spacial score (nSPS) is 23.7. The van der Waals surface area contributed by atoms with E-state index in [0.717, 1.165) is 25.7 Å². The molecule has 1 aliphatic rings. The summed E-state index contributed by atoms with van der Waals surface area (Å²) >= 11 is 0. The Bertz CT molecular complexity index is 533. The quantitative estimate of drug-likeness (QED) is 0.737. The minimum Gasteiger partial charge on any atom is -0.392 e. The summed E-state index contributed by atoms with van der Waals surface area (Å²) in [6.45, 7) is 6.95. The van der Waals surface area contributed by atoms with Gasteiger partial charge in [0.1, 0.15) is 6.67 Å². The van der Waals surface area contributed by atoms with Crippen molar-refractivity contribution in [3.8, 4) is 0 Å². The molecular weight excluding hydrogens is 282 g/mol. The smallest absolute Gasteiger partial charge is 0.392 e. The van der Waals surface area contributed by atoms with Crippen LogP contribution in [0.15, 0.2) is 9.21 Å². The number of hydrogen-bond donors (Lipinski definition) is 0. The highest BCUT2D eigenvalue weighted by molar-refractivity contribution is 5.06. The molecular formula is C16H29N3O3. The maximum atomic E-state index is 11.9. The van der Waals surface area contributed by atoms with E-state index in [1.54, 1.807) is 7.11 Å². The van der Waals surface area contributed by atoms with Crippen molar-refractivity contribution < 1.29 is 9.15 Å². The molecule has 22 heavy (non-hydrogen) atoms. The molecule has 1 aromatic rings. The standard InChI is InChI=1S/C16H29N3O3/c1-6-9-14-17-19(15(20)22-14)11-18(4)12-10-13(21-5)16(12,7-2)8-3/h12-13H,6-11H2,1-5H3/t12-,13+/m0/s1. The topological polar surface area (TPSA) is 60.5 Å². The number of methoxy groups -OCH3 is 1. The SMILES string of the molecule is CCCc1nn(CN(C)[C@H]2C[C@@H](OC)C2(CC)CC)c(=O)o1. The maximum absolute atomic E-state index is 11.9. The second-order valence-electron chi connectivity index (χ2n) is 6.33. The summed E-state index contributed by atoms with van der Waals surface area (Å²) in [5.74, 6) is 0.165. The average molecular weight is 311 g/mol. The highest BCUT2D eigenvalue weighted by atomic mass is 16.5. The Balaban J connectivity index is 2.09. The summed E-state index contributed by atoms with van der Waals surface area (Å²) in [7, 11) is 3.84. The van der Waals surface area contributed by atoms with Crippen LogP contribution in [-0.2, 0) is 17.8 Å². The van der Waals surface area contributed by atoms with Gasteiger partial charge in [0.15, 0.2) is 0 Å². The Morgan fingerprint density at radius 3 is 2.64 bits per heavy atom. The minimum atomic E-state index is -0.364. The van der Waals surface area contributed by atoms with E-state index in [-0.39, 0.29) is 11.2 Å². The third-order valence-corrected chi connectivity index (χ3v) is 5.34. The summed E-state index contributed by atoms with van der Waals surface area (Å²) in [5.41, 5.74) is 0.170. The zero-order valence-corrected chi connectivity index (χ0v) is 14.5. The average Bonchev–Trinajstić information content (AvgIpc) is 2.80. The molecule has 126 valence electrons. The third-order valence-electron chi connectivity index (χ3n) is 5.34. The molecule has 0 unspecified atom stereocenters. The van der Waals surface area contributed by atoms with Crippen molar-refractivity contribution in [3.05, 3.63) is 16.4 Å². The molecule has 1 fully saturated rings. The zero-order valence-electron chi connectivity index (χ0n) is 14.5. The van der Waals surface area contributed by atoms with E-state index >= 15 is 0 Å². The molecule has 1 heterocycles. The van der Waals surface area contributed by atoms with Crippen molar-refractivity contribution in [3.63, 3.8) is 0 Å². The molecule has 0 amide bonds. The Labute approximate surface area is 132 Å². The Morgan fingerprint density at radius 2 is 2.09 bits per heavy atom. The predicted octanol–water partition coefficient (Wildman–Crippen LogP) is 2.27. The maximum Gasteiger partial charge on any atom is 0.438 e. The lowest BCUT2D eigenvalue weighted by Crippen LogP contribution is -2.63. The van der Waals surface area contributed by atoms with Crippen LogP contribution >= 0.6 is 0 Å². The first-order chi connectivity index (χ1) is 10.5. The van der Waals surface area contributed by atoms with Gasteiger partial charge in [-0.2, -0.15) is 4.68 Å². The molecule has 0 N–H and O–H groups in total. The fourth-order valence-electron chi connectivity index (χ4n) is 3.92. The Hall–Kier alpha value is -1.14. The summed E-state index contributed by atoms with van der Waals surface area (Å²) < 4.78 is 12.3. The van der Waals surface area contributed by atoms with E-state index in [9.17, 15) is 4.79 Å². The van der Waals surface area contributed by atoms with Crippen molar-refractivity contribution in [2.45, 2.75) is 71.7 Å². The van der Waals surface area contributed by atoms with Gasteiger partial charge in [0.25, 0.3) is 0 Å². The van der Waals surface area contributed by atoms with Crippen LogP contribution in [0.25, 0.3) is 0 Å². The molecule has 1 saturated carbocycles. The Morgan fingerprint density at radius 1 is 1.41 bits per heavy atom. The van der Waals surface area contributed by atoms with E-state index < -0.39 is 0 Å². The predicted molar refractivity (Wildman–Crippen MR) is 84.7 cm³/mol. The van der Waals surface area contributed by atoms with Crippen LogP contribution in [0.1, 0.15) is 52.3 Å².